The fourth-order valence-corrected chi connectivity index (χ4v) is 3.48. The monoisotopic (exact) mass is 363 g/mol. The van der Waals surface area contributed by atoms with E-state index < -0.39 is 12.8 Å². The Morgan fingerprint density at radius 2 is 1.77 bits per heavy atom. The molecular weight excluding hydrogens is 340 g/mol. The molecule has 0 spiro atoms. The fourth-order valence-electron chi connectivity index (χ4n) is 3.48. The highest BCUT2D eigenvalue weighted by molar-refractivity contribution is 5.28. The average molecular weight is 363 g/mol. The van der Waals surface area contributed by atoms with E-state index in [4.69, 9.17) is 4.74 Å². The van der Waals surface area contributed by atoms with Gasteiger partial charge in [-0.05, 0) is 35.4 Å². The van der Waals surface area contributed by atoms with Crippen molar-refractivity contribution in [3.8, 4) is 5.75 Å². The van der Waals surface area contributed by atoms with E-state index in [2.05, 4.69) is 0 Å². The van der Waals surface area contributed by atoms with Crippen LogP contribution in [0, 0.1) is 5.82 Å². The summed E-state index contributed by atoms with van der Waals surface area (Å²) in [5, 5.41) is 20.3. The van der Waals surface area contributed by atoms with Crippen molar-refractivity contribution in [1.29, 1.82) is 0 Å². The molecular formula is C20H23F2NO3. The smallest absolute Gasteiger partial charge is 0.123 e. The molecule has 0 saturated carbocycles. The van der Waals surface area contributed by atoms with Gasteiger partial charge < -0.3 is 14.9 Å². The van der Waals surface area contributed by atoms with Crippen molar-refractivity contribution in [2.45, 2.75) is 24.6 Å². The molecule has 4 nitrogen and oxygen atoms in total. The molecule has 0 unspecified atom stereocenters. The highest BCUT2D eigenvalue weighted by atomic mass is 19.1. The second kappa shape index (κ2) is 8.58. The van der Waals surface area contributed by atoms with E-state index in [9.17, 15) is 19.0 Å². The molecule has 3 atom stereocenters. The van der Waals surface area contributed by atoms with Crippen LogP contribution >= 0.6 is 0 Å². The maximum atomic E-state index is 13.1. The molecule has 1 heterocycles. The van der Waals surface area contributed by atoms with Crippen molar-refractivity contribution in [1.82, 2.24) is 4.90 Å². The standard InChI is InChI=1S/C20H23F2NO3/c21-9-10-26-17-7-1-14(2-8-17)11-23-12-18(20(25)19(23)13-24)15-3-5-16(22)6-4-15/h1-8,18-20,24-25H,9-13H2/t18-,19-,20-/m1/s1. The van der Waals surface area contributed by atoms with E-state index in [0.717, 1.165) is 11.1 Å². The molecule has 0 aliphatic carbocycles. The Morgan fingerprint density at radius 3 is 2.38 bits per heavy atom. The van der Waals surface area contributed by atoms with Gasteiger partial charge >= 0.3 is 0 Å². The first-order valence-corrected chi connectivity index (χ1v) is 8.68. The highest BCUT2D eigenvalue weighted by Crippen LogP contribution is 2.33. The summed E-state index contributed by atoms with van der Waals surface area (Å²) in [5.41, 5.74) is 1.86. The Morgan fingerprint density at radius 1 is 1.08 bits per heavy atom. The first kappa shape index (κ1) is 18.8. The highest BCUT2D eigenvalue weighted by Gasteiger charge is 2.40. The van der Waals surface area contributed by atoms with Crippen molar-refractivity contribution in [2.75, 3.05) is 26.4 Å². The maximum Gasteiger partial charge on any atom is 0.123 e. The minimum atomic E-state index is -0.724. The fraction of sp³-hybridized carbons (Fsp3) is 0.400. The number of rotatable bonds is 7. The summed E-state index contributed by atoms with van der Waals surface area (Å²) in [6.45, 7) is 0.470. The summed E-state index contributed by atoms with van der Waals surface area (Å²) in [6.07, 6.45) is -0.724. The van der Waals surface area contributed by atoms with Gasteiger partial charge in [-0.3, -0.25) is 4.90 Å². The zero-order chi connectivity index (χ0) is 18.5. The number of benzene rings is 2. The zero-order valence-corrected chi connectivity index (χ0v) is 14.4. The average Bonchev–Trinajstić information content (AvgIpc) is 2.97. The van der Waals surface area contributed by atoms with Gasteiger partial charge in [0.2, 0.25) is 0 Å². The van der Waals surface area contributed by atoms with Crippen LogP contribution < -0.4 is 4.74 Å². The summed E-state index contributed by atoms with van der Waals surface area (Å²) < 4.78 is 30.5. The minimum Gasteiger partial charge on any atom is -0.491 e. The Bertz CT molecular complexity index is 693. The molecule has 1 aliphatic heterocycles. The predicted octanol–water partition coefficient (Wildman–Crippen LogP) is 2.50. The number of likely N-dealkylation sites (tertiary alicyclic amines) is 1. The van der Waals surface area contributed by atoms with E-state index in [-0.39, 0.29) is 31.0 Å². The first-order valence-electron chi connectivity index (χ1n) is 8.68. The van der Waals surface area contributed by atoms with E-state index in [1.807, 2.05) is 17.0 Å². The van der Waals surface area contributed by atoms with Crippen molar-refractivity contribution < 1.29 is 23.7 Å². The van der Waals surface area contributed by atoms with Gasteiger partial charge in [-0.1, -0.05) is 24.3 Å². The van der Waals surface area contributed by atoms with Gasteiger partial charge in [0.1, 0.15) is 24.8 Å². The molecule has 0 amide bonds. The summed E-state index contributed by atoms with van der Waals surface area (Å²) >= 11 is 0. The van der Waals surface area contributed by atoms with Crippen LogP contribution in [0.1, 0.15) is 17.0 Å². The molecule has 140 valence electrons. The Kier molecular flexibility index (Phi) is 6.19. The lowest BCUT2D eigenvalue weighted by Crippen LogP contribution is -2.38. The molecule has 6 heteroatoms. The third kappa shape index (κ3) is 4.20. The van der Waals surface area contributed by atoms with Crippen LogP contribution in [0.2, 0.25) is 0 Å². The van der Waals surface area contributed by atoms with Gasteiger partial charge in [0.15, 0.2) is 0 Å². The molecule has 0 aromatic heterocycles. The quantitative estimate of drug-likeness (QED) is 0.794. The van der Waals surface area contributed by atoms with Crippen LogP contribution in [-0.2, 0) is 6.54 Å². The Balaban J connectivity index is 1.69. The molecule has 1 fully saturated rings. The van der Waals surface area contributed by atoms with Crippen molar-refractivity contribution >= 4 is 0 Å². The number of aliphatic hydroxyl groups is 2. The van der Waals surface area contributed by atoms with E-state index in [1.165, 1.54) is 12.1 Å². The van der Waals surface area contributed by atoms with E-state index in [1.54, 1.807) is 24.3 Å². The number of halogens is 2. The Labute approximate surface area is 151 Å². The molecule has 1 aliphatic rings. The predicted molar refractivity (Wildman–Crippen MR) is 94.3 cm³/mol. The number of nitrogens with zero attached hydrogens (tertiary/aromatic N) is 1. The van der Waals surface area contributed by atoms with E-state index >= 15 is 0 Å². The van der Waals surface area contributed by atoms with Gasteiger partial charge in [0, 0.05) is 19.0 Å². The van der Waals surface area contributed by atoms with Crippen LogP contribution in [0.5, 0.6) is 5.75 Å². The second-order valence-corrected chi connectivity index (χ2v) is 6.51. The Hall–Kier alpha value is -2.02. The molecule has 3 rings (SSSR count). The lowest BCUT2D eigenvalue weighted by atomic mass is 9.94. The molecule has 26 heavy (non-hydrogen) atoms. The van der Waals surface area contributed by atoms with Crippen molar-refractivity contribution in [2.24, 2.45) is 0 Å². The van der Waals surface area contributed by atoms with Crippen LogP contribution in [-0.4, -0.2) is 53.7 Å². The molecule has 0 bridgehead atoms. The second-order valence-electron chi connectivity index (χ2n) is 6.51. The first-order chi connectivity index (χ1) is 12.6. The summed E-state index contributed by atoms with van der Waals surface area (Å²) in [6, 6.07) is 13.1. The summed E-state index contributed by atoms with van der Waals surface area (Å²) in [5.74, 6) is 0.113. The van der Waals surface area contributed by atoms with E-state index in [0.29, 0.717) is 18.8 Å². The van der Waals surface area contributed by atoms with Gasteiger partial charge in [-0.15, -0.1) is 0 Å². The lowest BCUT2D eigenvalue weighted by Gasteiger charge is -2.24. The third-order valence-corrected chi connectivity index (χ3v) is 4.85. The zero-order valence-electron chi connectivity index (χ0n) is 14.4. The van der Waals surface area contributed by atoms with Gasteiger partial charge in [0.25, 0.3) is 0 Å². The normalized spacial score (nSPS) is 23.3. The third-order valence-electron chi connectivity index (χ3n) is 4.85. The summed E-state index contributed by atoms with van der Waals surface area (Å²) in [4.78, 5) is 2.02. The van der Waals surface area contributed by atoms with Gasteiger partial charge in [0.05, 0.1) is 18.8 Å². The topological polar surface area (TPSA) is 52.9 Å². The number of hydrogen-bond donors (Lipinski definition) is 2. The minimum absolute atomic E-state index is 0.0313. The molecule has 2 N–H and O–H groups in total. The number of alkyl halides is 1. The number of ether oxygens (including phenoxy) is 1. The van der Waals surface area contributed by atoms with Crippen LogP contribution in [0.25, 0.3) is 0 Å². The maximum absolute atomic E-state index is 13.1. The van der Waals surface area contributed by atoms with Gasteiger partial charge in [-0.25, -0.2) is 8.78 Å². The number of aliphatic hydroxyl groups excluding tert-OH is 2. The molecule has 2 aromatic rings. The van der Waals surface area contributed by atoms with Crippen molar-refractivity contribution in [3.63, 3.8) is 0 Å². The summed E-state index contributed by atoms with van der Waals surface area (Å²) in [7, 11) is 0. The van der Waals surface area contributed by atoms with Crippen molar-refractivity contribution in [3.05, 3.63) is 65.5 Å². The lowest BCUT2D eigenvalue weighted by molar-refractivity contribution is 0.0641. The molecule has 2 aromatic carbocycles. The van der Waals surface area contributed by atoms with Crippen LogP contribution in [0.4, 0.5) is 8.78 Å². The van der Waals surface area contributed by atoms with Crippen LogP contribution in [0.3, 0.4) is 0 Å². The van der Waals surface area contributed by atoms with Gasteiger partial charge in [-0.2, -0.15) is 0 Å². The number of hydrogen-bond acceptors (Lipinski definition) is 4. The van der Waals surface area contributed by atoms with Crippen LogP contribution in [0.15, 0.2) is 48.5 Å². The molecule has 0 radical (unpaired) electrons. The largest absolute Gasteiger partial charge is 0.491 e. The molecule has 1 saturated heterocycles. The SMILES string of the molecule is OC[C@@H]1[C@H](O)[C@@H](c2ccc(F)cc2)CN1Cc1ccc(OCCF)cc1.